The van der Waals surface area contributed by atoms with Crippen molar-refractivity contribution in [3.8, 4) is 0 Å². The van der Waals surface area contributed by atoms with Gasteiger partial charge < -0.3 is 10.1 Å². The Balaban J connectivity index is 1.56. The SMILES string of the molecule is CS(=O)(O)(Nc1nc2ccccc2nc1Nc1ccc(Cl)c(S(=O)(=O)N2CCOCC2)c1)c1ccccc1. The minimum atomic E-state index is -4.60. The number of fused-ring (bicyclic) bond motifs is 1. The van der Waals surface area contributed by atoms with Crippen LogP contribution in [-0.2, 0) is 24.3 Å². The summed E-state index contributed by atoms with van der Waals surface area (Å²) in [6.07, 6.45) is 1.20. The normalized spacial score (nSPS) is 16.0. The number of rotatable bonds is 7. The maximum atomic E-state index is 13.7. The maximum Gasteiger partial charge on any atom is 0.244 e. The van der Waals surface area contributed by atoms with E-state index in [-0.39, 0.29) is 39.5 Å². The van der Waals surface area contributed by atoms with Crippen LogP contribution in [0.2, 0.25) is 5.02 Å². The standard InChI is InChI=1S/C25H26ClN5O5S2/c1-38(34,35,19-7-3-2-4-8-19)30-25-24(28-21-9-5-6-10-22(21)29-25)27-18-11-12-20(26)23(17-18)37(32,33)31-13-15-36-16-14-31/h2-12,17H,13-16H2,1H3,(H,27,28)(H2,29,30,34,35). The molecule has 2 heterocycles. The van der Waals surface area contributed by atoms with Crippen molar-refractivity contribution in [1.29, 1.82) is 0 Å². The molecule has 1 fully saturated rings. The molecule has 0 atom stereocenters. The van der Waals surface area contributed by atoms with Crippen molar-refractivity contribution in [2.24, 2.45) is 0 Å². The average Bonchev–Trinajstić information content (AvgIpc) is 2.90. The van der Waals surface area contributed by atoms with Gasteiger partial charge in [0, 0.05) is 25.0 Å². The van der Waals surface area contributed by atoms with Gasteiger partial charge in [-0.05, 0) is 42.5 Å². The van der Waals surface area contributed by atoms with E-state index in [9.17, 15) is 17.2 Å². The first-order chi connectivity index (χ1) is 18.0. The molecule has 0 bridgehead atoms. The first-order valence-electron chi connectivity index (χ1n) is 11.7. The highest BCUT2D eigenvalue weighted by Gasteiger charge is 2.29. The Morgan fingerprint density at radius 3 is 2.21 bits per heavy atom. The molecule has 0 unspecified atom stereocenters. The van der Waals surface area contributed by atoms with E-state index in [1.165, 1.54) is 22.7 Å². The Morgan fingerprint density at radius 2 is 1.55 bits per heavy atom. The molecule has 1 aromatic heterocycles. The molecule has 38 heavy (non-hydrogen) atoms. The molecule has 1 aliphatic heterocycles. The lowest BCUT2D eigenvalue weighted by Crippen LogP contribution is -2.40. The highest BCUT2D eigenvalue weighted by atomic mass is 35.5. The first kappa shape index (κ1) is 26.5. The zero-order valence-corrected chi connectivity index (χ0v) is 22.8. The third kappa shape index (κ3) is 5.37. The molecule has 0 spiro atoms. The van der Waals surface area contributed by atoms with Crippen molar-refractivity contribution in [3.63, 3.8) is 0 Å². The third-order valence-electron chi connectivity index (χ3n) is 5.99. The predicted molar refractivity (Wildman–Crippen MR) is 149 cm³/mol. The molecule has 4 aromatic rings. The summed E-state index contributed by atoms with van der Waals surface area (Å²) in [6, 6.07) is 19.7. The molecule has 200 valence electrons. The topological polar surface area (TPSA) is 134 Å². The number of aromatic nitrogens is 2. The van der Waals surface area contributed by atoms with Crippen molar-refractivity contribution in [3.05, 3.63) is 77.8 Å². The van der Waals surface area contributed by atoms with Crippen LogP contribution in [0, 0.1) is 0 Å². The van der Waals surface area contributed by atoms with E-state index in [0.29, 0.717) is 29.9 Å². The quantitative estimate of drug-likeness (QED) is 0.296. The molecule has 0 saturated carbocycles. The van der Waals surface area contributed by atoms with Gasteiger partial charge in [0.05, 0.1) is 34.2 Å². The molecule has 3 N–H and O–H groups in total. The van der Waals surface area contributed by atoms with Gasteiger partial charge >= 0.3 is 0 Å². The Bertz CT molecular complexity index is 1670. The Hall–Kier alpha value is -3.13. The second-order valence-electron chi connectivity index (χ2n) is 8.89. The average molecular weight is 576 g/mol. The summed E-state index contributed by atoms with van der Waals surface area (Å²) in [6.45, 7) is 1.05. The summed E-state index contributed by atoms with van der Waals surface area (Å²) in [5.74, 6) is 0.147. The molecule has 1 saturated heterocycles. The molecule has 3 aromatic carbocycles. The van der Waals surface area contributed by atoms with Crippen LogP contribution in [0.15, 0.2) is 82.6 Å². The zero-order valence-electron chi connectivity index (χ0n) is 20.4. The van der Waals surface area contributed by atoms with E-state index in [1.807, 2.05) is 0 Å². The zero-order chi connectivity index (χ0) is 27.0. The lowest BCUT2D eigenvalue weighted by atomic mass is 10.3. The molecule has 5 rings (SSSR count). The van der Waals surface area contributed by atoms with Gasteiger partial charge in [0.2, 0.25) is 10.0 Å². The Kier molecular flexibility index (Phi) is 6.88. The summed E-state index contributed by atoms with van der Waals surface area (Å²) in [5.41, 5.74) is 1.39. The first-order valence-corrected chi connectivity index (χ1v) is 15.8. The number of para-hydroxylation sites is 2. The van der Waals surface area contributed by atoms with E-state index < -0.39 is 19.6 Å². The molecule has 0 aliphatic carbocycles. The number of morpholine rings is 1. The van der Waals surface area contributed by atoms with Gasteiger partial charge in [-0.2, -0.15) is 8.51 Å². The summed E-state index contributed by atoms with van der Waals surface area (Å²) >= 11 is 6.31. The van der Waals surface area contributed by atoms with E-state index in [1.54, 1.807) is 60.7 Å². The van der Waals surface area contributed by atoms with E-state index in [2.05, 4.69) is 20.0 Å². The van der Waals surface area contributed by atoms with Crippen molar-refractivity contribution in [2.75, 3.05) is 42.6 Å². The van der Waals surface area contributed by atoms with E-state index >= 15 is 0 Å². The molecule has 13 heteroatoms. The van der Waals surface area contributed by atoms with E-state index in [0.717, 1.165) is 0 Å². The van der Waals surface area contributed by atoms with Crippen LogP contribution in [0.4, 0.5) is 17.3 Å². The van der Waals surface area contributed by atoms with Gasteiger partial charge in [-0.1, -0.05) is 41.9 Å². The molecule has 1 aliphatic rings. The minimum absolute atomic E-state index is 0.0158. The third-order valence-corrected chi connectivity index (χ3v) is 10.4. The van der Waals surface area contributed by atoms with Gasteiger partial charge in [-0.15, -0.1) is 9.53 Å². The smallest absolute Gasteiger partial charge is 0.244 e. The fourth-order valence-corrected chi connectivity index (χ4v) is 7.45. The number of anilines is 3. The Labute approximate surface area is 225 Å². The highest BCUT2D eigenvalue weighted by Crippen LogP contribution is 2.35. The van der Waals surface area contributed by atoms with Crippen LogP contribution in [0.3, 0.4) is 0 Å². The van der Waals surface area contributed by atoms with Crippen LogP contribution < -0.4 is 10.0 Å². The van der Waals surface area contributed by atoms with Gasteiger partial charge in [-0.3, -0.25) is 9.27 Å². The molecular weight excluding hydrogens is 550 g/mol. The summed E-state index contributed by atoms with van der Waals surface area (Å²) < 4.78 is 60.9. The maximum absolute atomic E-state index is 13.7. The lowest BCUT2D eigenvalue weighted by Gasteiger charge is -2.40. The van der Waals surface area contributed by atoms with Crippen LogP contribution in [0.1, 0.15) is 0 Å². The number of sulfonamides is 1. The lowest BCUT2D eigenvalue weighted by molar-refractivity contribution is 0.0730. The fourth-order valence-electron chi connectivity index (χ4n) is 4.03. The molecule has 0 radical (unpaired) electrons. The highest BCUT2D eigenvalue weighted by molar-refractivity contribution is 8.15. The Morgan fingerprint density at radius 1 is 0.947 bits per heavy atom. The van der Waals surface area contributed by atoms with Gasteiger partial charge in [0.25, 0.3) is 0 Å². The summed E-state index contributed by atoms with van der Waals surface area (Å²) in [4.78, 5) is 9.26. The van der Waals surface area contributed by atoms with Gasteiger partial charge in [0.15, 0.2) is 11.6 Å². The fraction of sp³-hybridized carbons (Fsp3) is 0.200. The second kappa shape index (κ2) is 9.88. The van der Waals surface area contributed by atoms with Crippen LogP contribution in [0.25, 0.3) is 11.0 Å². The van der Waals surface area contributed by atoms with Crippen LogP contribution >= 0.6 is 11.6 Å². The van der Waals surface area contributed by atoms with Crippen molar-refractivity contribution >= 4 is 59.5 Å². The monoisotopic (exact) mass is 575 g/mol. The van der Waals surface area contributed by atoms with Crippen molar-refractivity contribution in [2.45, 2.75) is 9.79 Å². The predicted octanol–water partition coefficient (Wildman–Crippen LogP) is 4.36. The number of benzene rings is 3. The van der Waals surface area contributed by atoms with Crippen LogP contribution in [0.5, 0.6) is 0 Å². The number of nitrogens with zero attached hydrogens (tertiary/aromatic N) is 3. The van der Waals surface area contributed by atoms with Crippen molar-refractivity contribution in [1.82, 2.24) is 14.3 Å². The number of halogens is 1. The summed E-state index contributed by atoms with van der Waals surface area (Å²) in [7, 11) is -8.49. The van der Waals surface area contributed by atoms with Crippen LogP contribution in [-0.4, -0.2) is 64.0 Å². The largest absolute Gasteiger partial charge is 0.379 e. The molecular formula is C25H26ClN5O5S2. The number of hydrogen-bond acceptors (Lipinski definition) is 7. The molecule has 0 amide bonds. The molecule has 10 nitrogen and oxygen atoms in total. The van der Waals surface area contributed by atoms with Crippen molar-refractivity contribution < 1.29 is 21.9 Å². The minimum Gasteiger partial charge on any atom is -0.379 e. The van der Waals surface area contributed by atoms with Gasteiger partial charge in [-0.25, -0.2) is 18.4 Å². The second-order valence-corrected chi connectivity index (χ2v) is 14.5. The van der Waals surface area contributed by atoms with Gasteiger partial charge in [0.1, 0.15) is 4.90 Å². The summed E-state index contributed by atoms with van der Waals surface area (Å²) in [5, 5.41) is 3.13. The number of nitrogens with one attached hydrogen (secondary N) is 2. The number of hydrogen-bond donors (Lipinski definition) is 3. The number of ether oxygens (including phenoxy) is 1. The van der Waals surface area contributed by atoms with E-state index in [4.69, 9.17) is 16.3 Å².